The highest BCUT2D eigenvalue weighted by Gasteiger charge is 2.13. The van der Waals surface area contributed by atoms with Gasteiger partial charge in [-0.2, -0.15) is 0 Å². The first kappa shape index (κ1) is 16.6. The monoisotopic (exact) mass is 329 g/mol. The first-order chi connectivity index (χ1) is 11.6. The van der Waals surface area contributed by atoms with Gasteiger partial charge in [-0.25, -0.2) is 0 Å². The average Bonchev–Trinajstić information content (AvgIpc) is 3.04. The van der Waals surface area contributed by atoms with Crippen molar-refractivity contribution >= 4 is 0 Å². The van der Waals surface area contributed by atoms with Gasteiger partial charge >= 0.3 is 0 Å². The van der Waals surface area contributed by atoms with Gasteiger partial charge in [-0.05, 0) is 54.8 Å². The summed E-state index contributed by atoms with van der Waals surface area (Å²) < 4.78 is 16.3. The van der Waals surface area contributed by atoms with Crippen molar-refractivity contribution in [2.45, 2.75) is 26.5 Å². The number of aryl methyl sites for hydroxylation is 2. The van der Waals surface area contributed by atoms with E-state index in [4.69, 9.17) is 14.2 Å². The summed E-state index contributed by atoms with van der Waals surface area (Å²) in [5, 5.41) is 13.3. The Balaban J connectivity index is 1.41. The van der Waals surface area contributed by atoms with Gasteiger partial charge in [-0.15, -0.1) is 0 Å². The summed E-state index contributed by atoms with van der Waals surface area (Å²) in [6, 6.07) is 11.8. The standard InChI is InChI=1S/C19H23NO4/c1-13-3-5-17(7-14(13)2)22-11-16(21)10-20-9-15-4-6-18-19(8-15)24-12-23-18/h3-8,16,20-21H,9-12H2,1-2H3/t16-/m1/s1. The highest BCUT2D eigenvalue weighted by atomic mass is 16.7. The number of rotatable bonds is 7. The molecule has 1 aliphatic heterocycles. The molecule has 2 N–H and O–H groups in total. The lowest BCUT2D eigenvalue weighted by molar-refractivity contribution is 0.106. The fourth-order valence-electron chi connectivity index (χ4n) is 2.49. The Morgan fingerprint density at radius 2 is 1.92 bits per heavy atom. The van der Waals surface area contributed by atoms with Gasteiger partial charge in [0.2, 0.25) is 6.79 Å². The zero-order chi connectivity index (χ0) is 16.9. The lowest BCUT2D eigenvalue weighted by Gasteiger charge is -2.14. The van der Waals surface area contributed by atoms with E-state index in [0.717, 1.165) is 22.8 Å². The second-order valence-corrected chi connectivity index (χ2v) is 6.03. The van der Waals surface area contributed by atoms with E-state index in [1.165, 1.54) is 11.1 Å². The van der Waals surface area contributed by atoms with E-state index in [1.807, 2.05) is 43.3 Å². The first-order valence-corrected chi connectivity index (χ1v) is 8.09. The van der Waals surface area contributed by atoms with Crippen molar-refractivity contribution in [3.63, 3.8) is 0 Å². The van der Waals surface area contributed by atoms with Crippen molar-refractivity contribution in [3.8, 4) is 17.2 Å². The quantitative estimate of drug-likeness (QED) is 0.817. The molecule has 128 valence electrons. The Labute approximate surface area is 142 Å². The molecule has 0 fully saturated rings. The van der Waals surface area contributed by atoms with E-state index in [9.17, 15) is 5.11 Å². The van der Waals surface area contributed by atoms with E-state index in [0.29, 0.717) is 13.1 Å². The number of ether oxygens (including phenoxy) is 3. The summed E-state index contributed by atoms with van der Waals surface area (Å²) in [6.45, 7) is 5.76. The molecule has 1 aliphatic rings. The van der Waals surface area contributed by atoms with Crippen LogP contribution in [0, 0.1) is 13.8 Å². The molecule has 0 saturated carbocycles. The Morgan fingerprint density at radius 3 is 2.75 bits per heavy atom. The largest absolute Gasteiger partial charge is 0.491 e. The summed E-state index contributed by atoms with van der Waals surface area (Å²) in [5.74, 6) is 2.33. The molecule has 2 aromatic carbocycles. The number of aliphatic hydroxyl groups is 1. The van der Waals surface area contributed by atoms with Crippen LogP contribution in [0.4, 0.5) is 0 Å². The van der Waals surface area contributed by atoms with Crippen molar-refractivity contribution in [2.75, 3.05) is 19.9 Å². The normalized spacial score (nSPS) is 13.8. The summed E-state index contributed by atoms with van der Waals surface area (Å²) in [6.07, 6.45) is -0.569. The van der Waals surface area contributed by atoms with Crippen molar-refractivity contribution in [1.82, 2.24) is 5.32 Å². The molecule has 1 atom stereocenters. The molecule has 0 radical (unpaired) electrons. The van der Waals surface area contributed by atoms with Gasteiger partial charge < -0.3 is 24.6 Å². The number of benzene rings is 2. The molecular formula is C19H23NO4. The third-order valence-corrected chi connectivity index (χ3v) is 4.07. The molecule has 2 aromatic rings. The minimum Gasteiger partial charge on any atom is -0.491 e. The smallest absolute Gasteiger partial charge is 0.231 e. The Morgan fingerprint density at radius 1 is 1.08 bits per heavy atom. The highest BCUT2D eigenvalue weighted by Crippen LogP contribution is 2.32. The van der Waals surface area contributed by atoms with Crippen LogP contribution in [-0.2, 0) is 6.54 Å². The van der Waals surface area contributed by atoms with Crippen LogP contribution < -0.4 is 19.5 Å². The third-order valence-electron chi connectivity index (χ3n) is 4.07. The van der Waals surface area contributed by atoms with Crippen LogP contribution in [-0.4, -0.2) is 31.2 Å². The van der Waals surface area contributed by atoms with Crippen LogP contribution >= 0.6 is 0 Å². The molecule has 0 unspecified atom stereocenters. The molecule has 0 aliphatic carbocycles. The van der Waals surface area contributed by atoms with Gasteiger partial charge in [0.05, 0.1) is 0 Å². The van der Waals surface area contributed by atoms with Gasteiger partial charge in [0.1, 0.15) is 18.5 Å². The second-order valence-electron chi connectivity index (χ2n) is 6.03. The molecular weight excluding hydrogens is 306 g/mol. The van der Waals surface area contributed by atoms with Gasteiger partial charge in [-0.1, -0.05) is 12.1 Å². The predicted octanol–water partition coefficient (Wildman–Crippen LogP) is 2.56. The maximum Gasteiger partial charge on any atom is 0.231 e. The summed E-state index contributed by atoms with van der Waals surface area (Å²) >= 11 is 0. The zero-order valence-electron chi connectivity index (χ0n) is 14.0. The minimum absolute atomic E-state index is 0.261. The van der Waals surface area contributed by atoms with E-state index in [-0.39, 0.29) is 13.4 Å². The predicted molar refractivity (Wildman–Crippen MR) is 91.7 cm³/mol. The molecule has 0 bridgehead atoms. The lowest BCUT2D eigenvalue weighted by Crippen LogP contribution is -2.31. The third kappa shape index (κ3) is 4.19. The van der Waals surface area contributed by atoms with Crippen LogP contribution in [0.2, 0.25) is 0 Å². The molecule has 24 heavy (non-hydrogen) atoms. The summed E-state index contributed by atoms with van der Waals surface area (Å²) in [7, 11) is 0. The number of nitrogens with one attached hydrogen (secondary N) is 1. The summed E-state index contributed by atoms with van der Waals surface area (Å²) in [5.41, 5.74) is 3.50. The lowest BCUT2D eigenvalue weighted by atomic mass is 10.1. The van der Waals surface area contributed by atoms with Crippen LogP contribution in [0.1, 0.15) is 16.7 Å². The SMILES string of the molecule is Cc1ccc(OC[C@H](O)CNCc2ccc3c(c2)OCO3)cc1C. The maximum atomic E-state index is 10.0. The van der Waals surface area contributed by atoms with Crippen molar-refractivity contribution in [3.05, 3.63) is 53.1 Å². The van der Waals surface area contributed by atoms with Crippen molar-refractivity contribution in [1.29, 1.82) is 0 Å². The Bertz CT molecular complexity index is 702. The molecule has 5 heteroatoms. The molecule has 0 saturated heterocycles. The average molecular weight is 329 g/mol. The molecule has 0 spiro atoms. The number of hydrogen-bond acceptors (Lipinski definition) is 5. The van der Waals surface area contributed by atoms with Gasteiger partial charge in [-0.3, -0.25) is 0 Å². The van der Waals surface area contributed by atoms with Gasteiger partial charge in [0, 0.05) is 13.1 Å². The van der Waals surface area contributed by atoms with E-state index in [2.05, 4.69) is 12.2 Å². The number of aliphatic hydroxyl groups excluding tert-OH is 1. The zero-order valence-corrected chi connectivity index (χ0v) is 14.0. The van der Waals surface area contributed by atoms with Crippen molar-refractivity contribution in [2.24, 2.45) is 0 Å². The topological polar surface area (TPSA) is 60.0 Å². The molecule has 0 aromatic heterocycles. The highest BCUT2D eigenvalue weighted by molar-refractivity contribution is 5.44. The second kappa shape index (κ2) is 7.55. The van der Waals surface area contributed by atoms with Crippen molar-refractivity contribution < 1.29 is 19.3 Å². The molecule has 5 nitrogen and oxygen atoms in total. The van der Waals surface area contributed by atoms with Crippen LogP contribution in [0.5, 0.6) is 17.2 Å². The van der Waals surface area contributed by atoms with Gasteiger partial charge in [0.15, 0.2) is 11.5 Å². The van der Waals surface area contributed by atoms with Crippen LogP contribution in [0.3, 0.4) is 0 Å². The van der Waals surface area contributed by atoms with E-state index in [1.54, 1.807) is 0 Å². The summed E-state index contributed by atoms with van der Waals surface area (Å²) in [4.78, 5) is 0. The van der Waals surface area contributed by atoms with Crippen LogP contribution in [0.15, 0.2) is 36.4 Å². The van der Waals surface area contributed by atoms with E-state index >= 15 is 0 Å². The van der Waals surface area contributed by atoms with Gasteiger partial charge in [0.25, 0.3) is 0 Å². The molecule has 0 amide bonds. The first-order valence-electron chi connectivity index (χ1n) is 8.09. The number of hydrogen-bond donors (Lipinski definition) is 2. The fourth-order valence-corrected chi connectivity index (χ4v) is 2.49. The molecule has 1 heterocycles. The maximum absolute atomic E-state index is 10.0. The minimum atomic E-state index is -0.569. The van der Waals surface area contributed by atoms with E-state index < -0.39 is 6.10 Å². The fraction of sp³-hybridized carbons (Fsp3) is 0.368. The Hall–Kier alpha value is -2.24. The molecule has 3 rings (SSSR count). The number of fused-ring (bicyclic) bond motifs is 1. The van der Waals surface area contributed by atoms with Crippen LogP contribution in [0.25, 0.3) is 0 Å². The Kier molecular flexibility index (Phi) is 5.23.